The molecule has 0 radical (unpaired) electrons. The lowest BCUT2D eigenvalue weighted by molar-refractivity contribution is -0.121. The van der Waals surface area contributed by atoms with Crippen LogP contribution in [-0.2, 0) is 21.1 Å². The summed E-state index contributed by atoms with van der Waals surface area (Å²) in [6, 6.07) is 9.44. The number of amides is 3. The van der Waals surface area contributed by atoms with Gasteiger partial charge in [0.1, 0.15) is 0 Å². The van der Waals surface area contributed by atoms with Gasteiger partial charge in [-0.3, -0.25) is 15.0 Å². The number of nitrogens with one attached hydrogen (secondary N) is 2. The summed E-state index contributed by atoms with van der Waals surface area (Å²) in [6.07, 6.45) is 3.36. The van der Waals surface area contributed by atoms with E-state index in [0.29, 0.717) is 12.5 Å². The molecule has 0 spiro atoms. The average Bonchev–Trinajstić information content (AvgIpc) is 3.14. The van der Waals surface area contributed by atoms with Crippen molar-refractivity contribution in [3.8, 4) is 0 Å². The Morgan fingerprint density at radius 2 is 1.92 bits per heavy atom. The SMILES string of the molecule is O=C(CN1CCC[C@H]1Cc1ccccc1)NC(=O)N[C@@H]1CCS(=O)(=O)C1. The van der Waals surface area contributed by atoms with Gasteiger partial charge in [0.15, 0.2) is 9.84 Å². The summed E-state index contributed by atoms with van der Waals surface area (Å²) in [7, 11) is -3.06. The van der Waals surface area contributed by atoms with Crippen molar-refractivity contribution in [3.05, 3.63) is 35.9 Å². The molecule has 2 aliphatic heterocycles. The van der Waals surface area contributed by atoms with E-state index in [9.17, 15) is 18.0 Å². The van der Waals surface area contributed by atoms with Crippen LogP contribution < -0.4 is 10.6 Å². The second-order valence-corrected chi connectivity index (χ2v) is 9.31. The van der Waals surface area contributed by atoms with E-state index in [-0.39, 0.29) is 24.0 Å². The maximum Gasteiger partial charge on any atom is 0.321 e. The second-order valence-electron chi connectivity index (χ2n) is 7.08. The van der Waals surface area contributed by atoms with Crippen molar-refractivity contribution < 1.29 is 18.0 Å². The van der Waals surface area contributed by atoms with Crippen molar-refractivity contribution in [3.63, 3.8) is 0 Å². The summed E-state index contributed by atoms with van der Waals surface area (Å²) >= 11 is 0. The van der Waals surface area contributed by atoms with Crippen LogP contribution >= 0.6 is 0 Å². The monoisotopic (exact) mass is 379 g/mol. The number of sulfone groups is 1. The number of nitrogens with zero attached hydrogens (tertiary/aromatic N) is 1. The predicted octanol–water partition coefficient (Wildman–Crippen LogP) is 0.706. The molecule has 8 heteroatoms. The van der Waals surface area contributed by atoms with E-state index < -0.39 is 21.9 Å². The Labute approximate surface area is 154 Å². The summed E-state index contributed by atoms with van der Waals surface area (Å²) in [5.41, 5.74) is 1.24. The van der Waals surface area contributed by atoms with Gasteiger partial charge in [0.2, 0.25) is 5.91 Å². The first-order valence-electron chi connectivity index (χ1n) is 9.00. The molecule has 2 atom stereocenters. The van der Waals surface area contributed by atoms with Crippen molar-refractivity contribution in [2.75, 3.05) is 24.6 Å². The minimum Gasteiger partial charge on any atom is -0.334 e. The first kappa shape index (κ1) is 18.8. The number of hydrogen-bond donors (Lipinski definition) is 2. The van der Waals surface area contributed by atoms with Crippen LogP contribution in [0.4, 0.5) is 4.79 Å². The van der Waals surface area contributed by atoms with Crippen molar-refractivity contribution in [2.24, 2.45) is 0 Å². The summed E-state index contributed by atoms with van der Waals surface area (Å²) in [4.78, 5) is 26.2. The molecule has 1 aromatic rings. The Kier molecular flexibility index (Phi) is 5.93. The molecule has 2 fully saturated rings. The molecule has 0 unspecified atom stereocenters. The van der Waals surface area contributed by atoms with Crippen molar-refractivity contribution in [1.82, 2.24) is 15.5 Å². The van der Waals surface area contributed by atoms with E-state index in [1.807, 2.05) is 18.2 Å². The Bertz CT molecular complexity index is 751. The molecule has 0 aliphatic carbocycles. The molecule has 0 saturated carbocycles. The van der Waals surface area contributed by atoms with Crippen molar-refractivity contribution in [2.45, 2.75) is 37.8 Å². The molecule has 7 nitrogen and oxygen atoms in total. The smallest absolute Gasteiger partial charge is 0.321 e. The molecule has 2 heterocycles. The van der Waals surface area contributed by atoms with E-state index in [4.69, 9.17) is 0 Å². The second kappa shape index (κ2) is 8.18. The third-order valence-corrected chi connectivity index (χ3v) is 6.75. The minimum absolute atomic E-state index is 0.0557. The highest BCUT2D eigenvalue weighted by Gasteiger charge is 2.30. The van der Waals surface area contributed by atoms with E-state index in [0.717, 1.165) is 25.8 Å². The van der Waals surface area contributed by atoms with E-state index in [1.165, 1.54) is 5.56 Å². The van der Waals surface area contributed by atoms with Crippen LogP contribution in [0.3, 0.4) is 0 Å². The molecule has 2 saturated heterocycles. The molecule has 142 valence electrons. The van der Waals surface area contributed by atoms with E-state index >= 15 is 0 Å². The Morgan fingerprint density at radius 3 is 2.62 bits per heavy atom. The van der Waals surface area contributed by atoms with E-state index in [2.05, 4.69) is 27.7 Å². The molecular weight excluding hydrogens is 354 g/mol. The topological polar surface area (TPSA) is 95.6 Å². The van der Waals surface area contributed by atoms with Crippen LogP contribution in [0.2, 0.25) is 0 Å². The summed E-state index contributed by atoms with van der Waals surface area (Å²) in [5, 5.41) is 4.89. The van der Waals surface area contributed by atoms with Crippen LogP contribution in [0.1, 0.15) is 24.8 Å². The zero-order valence-electron chi connectivity index (χ0n) is 14.7. The Morgan fingerprint density at radius 1 is 1.15 bits per heavy atom. The van der Waals surface area contributed by atoms with Gasteiger partial charge >= 0.3 is 6.03 Å². The third kappa shape index (κ3) is 5.28. The number of rotatable bonds is 5. The molecule has 26 heavy (non-hydrogen) atoms. The van der Waals surface area contributed by atoms with Gasteiger partial charge in [0.25, 0.3) is 0 Å². The first-order chi connectivity index (χ1) is 12.4. The van der Waals surface area contributed by atoms with Crippen molar-refractivity contribution in [1.29, 1.82) is 0 Å². The molecule has 1 aromatic carbocycles. The van der Waals surface area contributed by atoms with Crippen LogP contribution in [0.25, 0.3) is 0 Å². The zero-order valence-corrected chi connectivity index (χ0v) is 15.5. The fraction of sp³-hybridized carbons (Fsp3) is 0.556. The highest BCUT2D eigenvalue weighted by atomic mass is 32.2. The molecular formula is C18H25N3O4S. The van der Waals surface area contributed by atoms with Crippen LogP contribution in [0, 0.1) is 0 Å². The number of hydrogen-bond acceptors (Lipinski definition) is 5. The highest BCUT2D eigenvalue weighted by molar-refractivity contribution is 7.91. The highest BCUT2D eigenvalue weighted by Crippen LogP contribution is 2.20. The molecule has 0 bridgehead atoms. The summed E-state index contributed by atoms with van der Waals surface area (Å²) in [6.45, 7) is 1.02. The van der Waals surface area contributed by atoms with Gasteiger partial charge in [0, 0.05) is 12.1 Å². The first-order valence-corrected chi connectivity index (χ1v) is 10.8. The molecule has 3 rings (SSSR count). The number of carbonyl (C=O) groups is 2. The normalized spacial score (nSPS) is 25.1. The molecule has 2 aliphatic rings. The maximum atomic E-state index is 12.2. The molecule has 0 aromatic heterocycles. The number of urea groups is 1. The molecule has 3 amide bonds. The quantitative estimate of drug-likeness (QED) is 0.785. The molecule has 2 N–H and O–H groups in total. The maximum absolute atomic E-state index is 12.2. The van der Waals surface area contributed by atoms with Gasteiger partial charge in [-0.15, -0.1) is 0 Å². The lowest BCUT2D eigenvalue weighted by atomic mass is 10.0. The largest absolute Gasteiger partial charge is 0.334 e. The Hall–Kier alpha value is -1.93. The van der Waals surface area contributed by atoms with Gasteiger partial charge in [-0.25, -0.2) is 13.2 Å². The van der Waals surface area contributed by atoms with Gasteiger partial charge in [-0.05, 0) is 37.8 Å². The van der Waals surface area contributed by atoms with Crippen LogP contribution in [-0.4, -0.2) is 61.9 Å². The van der Waals surface area contributed by atoms with Crippen molar-refractivity contribution >= 4 is 21.8 Å². The lowest BCUT2D eigenvalue weighted by Crippen LogP contribution is -2.48. The van der Waals surface area contributed by atoms with E-state index in [1.54, 1.807) is 0 Å². The van der Waals surface area contributed by atoms with Crippen LogP contribution in [0.15, 0.2) is 30.3 Å². The van der Waals surface area contributed by atoms with Gasteiger partial charge in [0.05, 0.1) is 18.1 Å². The number of imide groups is 1. The van der Waals surface area contributed by atoms with Gasteiger partial charge in [-0.2, -0.15) is 0 Å². The van der Waals surface area contributed by atoms with Gasteiger partial charge < -0.3 is 5.32 Å². The number of benzene rings is 1. The summed E-state index contributed by atoms with van der Waals surface area (Å²) in [5.74, 6) is -0.330. The number of carbonyl (C=O) groups excluding carboxylic acids is 2. The minimum atomic E-state index is -3.06. The Balaban J connectivity index is 1.45. The fourth-order valence-corrected chi connectivity index (χ4v) is 5.37. The standard InChI is InChI=1S/C18H25N3O4S/c22-17(20-18(23)19-15-8-10-26(24,25)13-15)12-21-9-4-7-16(21)11-14-5-2-1-3-6-14/h1-3,5-6,15-16H,4,7-13H2,(H2,19,20,22,23)/t15-,16+/m1/s1. The number of likely N-dealkylation sites (tertiary alicyclic amines) is 1. The van der Waals surface area contributed by atoms with Crippen LogP contribution in [0.5, 0.6) is 0 Å². The predicted molar refractivity (Wildman–Crippen MR) is 98.5 cm³/mol. The lowest BCUT2D eigenvalue weighted by Gasteiger charge is -2.24. The summed E-state index contributed by atoms with van der Waals surface area (Å²) < 4.78 is 22.8. The zero-order chi connectivity index (χ0) is 18.6. The third-order valence-electron chi connectivity index (χ3n) is 4.98. The van der Waals surface area contributed by atoms with Gasteiger partial charge in [-0.1, -0.05) is 30.3 Å². The fourth-order valence-electron chi connectivity index (χ4n) is 3.70. The average molecular weight is 379 g/mol.